The number of aromatic amines is 1. The number of nitrogens with zero attached hydrogens (tertiary/aromatic N) is 5. The molecule has 0 atom stereocenters. The molecule has 10 heteroatoms. The van der Waals surface area contributed by atoms with Crippen LogP contribution in [0.3, 0.4) is 0 Å². The van der Waals surface area contributed by atoms with Gasteiger partial charge in [0, 0.05) is 64.5 Å². The summed E-state index contributed by atoms with van der Waals surface area (Å²) in [5, 5.41) is 6.82. The van der Waals surface area contributed by atoms with E-state index in [4.69, 9.17) is 4.74 Å². The molecule has 1 amide bonds. The Balaban J connectivity index is 0.000000166. The molecule has 9 nitrogen and oxygen atoms in total. The van der Waals surface area contributed by atoms with Crippen LogP contribution in [0.25, 0.3) is 11.0 Å². The van der Waals surface area contributed by atoms with Gasteiger partial charge in [-0.2, -0.15) is 5.10 Å². The lowest BCUT2D eigenvalue weighted by molar-refractivity contribution is -0.136. The third kappa shape index (κ3) is 4.80. The minimum absolute atomic E-state index is 0.142. The molecule has 0 bridgehead atoms. The van der Waals surface area contributed by atoms with Crippen LogP contribution in [0.15, 0.2) is 29.3 Å². The van der Waals surface area contributed by atoms with Crippen molar-refractivity contribution in [3.8, 4) is 5.75 Å². The summed E-state index contributed by atoms with van der Waals surface area (Å²) >= 11 is 0. The van der Waals surface area contributed by atoms with Gasteiger partial charge in [-0.1, -0.05) is 19.3 Å². The number of ether oxygens (including phenoxy) is 1. The Morgan fingerprint density at radius 1 is 1.06 bits per heavy atom. The summed E-state index contributed by atoms with van der Waals surface area (Å²) in [6.45, 7) is 3.52. The van der Waals surface area contributed by atoms with Crippen molar-refractivity contribution >= 4 is 22.6 Å². The molecule has 0 spiro atoms. The Kier molecular flexibility index (Phi) is 7.23. The first kappa shape index (κ1) is 23.8. The molecule has 1 aliphatic carbocycles. The van der Waals surface area contributed by atoms with E-state index in [2.05, 4.69) is 20.0 Å². The van der Waals surface area contributed by atoms with E-state index in [0.29, 0.717) is 22.9 Å². The Labute approximate surface area is 198 Å². The number of nitrogens with one attached hydrogen (secondary N) is 1. The quantitative estimate of drug-likeness (QED) is 0.633. The van der Waals surface area contributed by atoms with Crippen LogP contribution in [0.5, 0.6) is 5.75 Å². The fourth-order valence-corrected chi connectivity index (χ4v) is 4.87. The van der Waals surface area contributed by atoms with Gasteiger partial charge in [0.05, 0.1) is 30.0 Å². The zero-order valence-corrected chi connectivity index (χ0v) is 20.1. The summed E-state index contributed by atoms with van der Waals surface area (Å²) in [6, 6.07) is 2.82. The molecule has 1 N–H and O–H groups in total. The van der Waals surface area contributed by atoms with E-state index in [0.717, 1.165) is 44.7 Å². The van der Waals surface area contributed by atoms with Crippen molar-refractivity contribution in [1.29, 1.82) is 0 Å². The number of anilines is 1. The van der Waals surface area contributed by atoms with Crippen LogP contribution in [0.2, 0.25) is 0 Å². The Morgan fingerprint density at radius 3 is 2.29 bits per heavy atom. The highest BCUT2D eigenvalue weighted by Gasteiger charge is 2.28. The molecule has 2 aliphatic rings. The lowest BCUT2D eigenvalue weighted by Gasteiger charge is -2.37. The molecule has 1 saturated carbocycles. The number of rotatable bonds is 3. The molecule has 0 radical (unpaired) electrons. The number of aryl methyl sites for hydroxylation is 2. The highest BCUT2D eigenvalue weighted by molar-refractivity contribution is 5.79. The number of piperazine rings is 1. The van der Waals surface area contributed by atoms with Crippen LogP contribution in [0.1, 0.15) is 32.1 Å². The number of H-pyrrole nitrogens is 1. The second kappa shape index (κ2) is 10.3. The van der Waals surface area contributed by atoms with E-state index in [-0.39, 0.29) is 11.4 Å². The van der Waals surface area contributed by atoms with Crippen LogP contribution < -0.4 is 15.3 Å². The number of carbonyl (C=O) groups is 1. The van der Waals surface area contributed by atoms with Crippen LogP contribution >= 0.6 is 0 Å². The number of halogens is 1. The second-order valence-electron chi connectivity index (χ2n) is 8.98. The monoisotopic (exact) mass is 472 g/mol. The van der Waals surface area contributed by atoms with Crippen LogP contribution in [-0.4, -0.2) is 63.4 Å². The number of fused-ring (bicyclic) bond motifs is 1. The molecule has 1 saturated heterocycles. The van der Waals surface area contributed by atoms with Gasteiger partial charge in [0.15, 0.2) is 11.6 Å². The predicted octanol–water partition coefficient (Wildman–Crippen LogP) is 2.66. The van der Waals surface area contributed by atoms with Crippen molar-refractivity contribution in [3.63, 3.8) is 0 Å². The van der Waals surface area contributed by atoms with E-state index >= 15 is 0 Å². The fraction of sp³-hybridized carbons (Fsp3) is 0.542. The first-order chi connectivity index (χ1) is 16.4. The molecule has 2 aromatic heterocycles. The average Bonchev–Trinajstić information content (AvgIpc) is 3.49. The molecular weight excluding hydrogens is 439 g/mol. The molecule has 3 heterocycles. The first-order valence-corrected chi connectivity index (χ1v) is 11.8. The third-order valence-corrected chi connectivity index (χ3v) is 6.94. The Morgan fingerprint density at radius 2 is 1.71 bits per heavy atom. The van der Waals surface area contributed by atoms with Crippen molar-refractivity contribution < 1.29 is 13.9 Å². The number of hydrogen-bond acceptors (Lipinski definition) is 5. The lowest BCUT2D eigenvalue weighted by atomic mass is 9.88. The molecule has 184 valence electrons. The van der Waals surface area contributed by atoms with E-state index < -0.39 is 5.82 Å². The molecule has 1 aromatic carbocycles. The van der Waals surface area contributed by atoms with E-state index in [1.807, 2.05) is 12.4 Å². The lowest BCUT2D eigenvalue weighted by Crippen LogP contribution is -2.50. The van der Waals surface area contributed by atoms with Gasteiger partial charge in [0.25, 0.3) is 0 Å². The highest BCUT2D eigenvalue weighted by Crippen LogP contribution is 2.26. The number of carbonyl (C=O) groups excluding carboxylic acids is 1. The Bertz CT molecular complexity index is 1170. The van der Waals surface area contributed by atoms with Crippen molar-refractivity contribution in [3.05, 3.63) is 40.8 Å². The zero-order chi connectivity index (χ0) is 24.2. The molecule has 34 heavy (non-hydrogen) atoms. The minimum Gasteiger partial charge on any atom is -0.494 e. The summed E-state index contributed by atoms with van der Waals surface area (Å²) in [7, 11) is 4.64. The van der Waals surface area contributed by atoms with Gasteiger partial charge in [0.1, 0.15) is 0 Å². The van der Waals surface area contributed by atoms with Gasteiger partial charge in [-0.15, -0.1) is 0 Å². The highest BCUT2D eigenvalue weighted by atomic mass is 19.1. The molecule has 0 unspecified atom stereocenters. The summed E-state index contributed by atoms with van der Waals surface area (Å²) < 4.78 is 21.1. The topological polar surface area (TPSA) is 88.4 Å². The number of hydrogen-bond donors (Lipinski definition) is 1. The van der Waals surface area contributed by atoms with Gasteiger partial charge >= 0.3 is 5.69 Å². The van der Waals surface area contributed by atoms with Crippen molar-refractivity contribution in [1.82, 2.24) is 24.2 Å². The summed E-state index contributed by atoms with van der Waals surface area (Å²) in [5.74, 6) is 0.371. The van der Waals surface area contributed by atoms with Crippen molar-refractivity contribution in [2.45, 2.75) is 32.1 Å². The maximum atomic E-state index is 13.4. The number of benzene rings is 1. The second-order valence-corrected chi connectivity index (χ2v) is 8.98. The van der Waals surface area contributed by atoms with Gasteiger partial charge in [-0.05, 0) is 12.8 Å². The van der Waals surface area contributed by atoms with Crippen molar-refractivity contribution in [2.75, 3.05) is 38.2 Å². The Hall–Kier alpha value is -3.30. The molecule has 2 fully saturated rings. The minimum atomic E-state index is -0.466. The van der Waals surface area contributed by atoms with Crippen LogP contribution in [0, 0.1) is 11.7 Å². The molecule has 3 aromatic rings. The van der Waals surface area contributed by atoms with Crippen LogP contribution in [-0.2, 0) is 18.9 Å². The van der Waals surface area contributed by atoms with Gasteiger partial charge in [0.2, 0.25) is 5.91 Å². The largest absolute Gasteiger partial charge is 0.494 e. The fourth-order valence-electron chi connectivity index (χ4n) is 4.87. The van der Waals surface area contributed by atoms with Crippen LogP contribution in [0.4, 0.5) is 10.1 Å². The molecule has 5 rings (SSSR count). The standard InChI is InChI=1S/C14H22N4O.C10H11FN2O2/c19-14(12-4-2-1-3-5-12)18-8-6-17(7-9-18)13-10-15-16-11-13;1-12-7-4-6(11)9(15-3)5-8(7)13(2)10(12)14/h10-12H,1-9H2,(H,15,16);4-5H,1-3H3. The number of methoxy groups -OCH3 is 1. The summed E-state index contributed by atoms with van der Waals surface area (Å²) in [5.41, 5.74) is 2.16. The van der Waals surface area contributed by atoms with Gasteiger partial charge in [-0.3, -0.25) is 19.0 Å². The third-order valence-electron chi connectivity index (χ3n) is 6.94. The average molecular weight is 473 g/mol. The maximum Gasteiger partial charge on any atom is 0.328 e. The van der Waals surface area contributed by atoms with E-state index in [1.165, 1.54) is 47.6 Å². The predicted molar refractivity (Wildman–Crippen MR) is 129 cm³/mol. The van der Waals surface area contributed by atoms with Gasteiger partial charge < -0.3 is 14.5 Å². The van der Waals surface area contributed by atoms with E-state index in [1.54, 1.807) is 14.1 Å². The number of amides is 1. The molecule has 1 aliphatic heterocycles. The van der Waals surface area contributed by atoms with Gasteiger partial charge in [-0.25, -0.2) is 9.18 Å². The zero-order valence-electron chi connectivity index (χ0n) is 20.1. The smallest absolute Gasteiger partial charge is 0.328 e. The maximum absolute atomic E-state index is 13.4. The first-order valence-electron chi connectivity index (χ1n) is 11.8. The SMILES string of the molecule is COc1cc2c(cc1F)n(C)c(=O)n2C.O=C(C1CCCCC1)N1CCN(c2cn[nH]c2)CC1. The normalized spacial score (nSPS) is 16.9. The number of imidazole rings is 1. The number of aromatic nitrogens is 4. The summed E-state index contributed by atoms with van der Waals surface area (Å²) in [4.78, 5) is 28.3. The van der Waals surface area contributed by atoms with E-state index in [9.17, 15) is 14.0 Å². The van der Waals surface area contributed by atoms with Crippen molar-refractivity contribution in [2.24, 2.45) is 20.0 Å². The molecular formula is C24H33FN6O3. The summed E-state index contributed by atoms with van der Waals surface area (Å²) in [6.07, 6.45) is 9.72.